The molecule has 3 aromatic carbocycles. The lowest BCUT2D eigenvalue weighted by molar-refractivity contribution is -0.147. The van der Waals surface area contributed by atoms with Gasteiger partial charge in [0.2, 0.25) is 40.7 Å². The van der Waals surface area contributed by atoms with Crippen molar-refractivity contribution >= 4 is 23.7 Å². The molecular weight excluding hydrogens is 575 g/mol. The number of hydrogen-bond donors (Lipinski definition) is 0. The third-order valence-corrected chi connectivity index (χ3v) is 7.80. The average molecular weight is 603 g/mol. The van der Waals surface area contributed by atoms with Gasteiger partial charge < -0.3 is 14.4 Å². The van der Waals surface area contributed by atoms with Gasteiger partial charge in [0.25, 0.3) is 0 Å². The Kier molecular flexibility index (Phi) is 8.13. The van der Waals surface area contributed by atoms with E-state index in [2.05, 4.69) is 4.74 Å². The Morgan fingerprint density at radius 3 is 2.16 bits per heavy atom. The molecule has 0 aromatic heterocycles. The maximum atomic E-state index is 14.2. The Morgan fingerprint density at radius 1 is 0.884 bits per heavy atom. The summed E-state index contributed by atoms with van der Waals surface area (Å²) in [6.45, 7) is 3.43. The van der Waals surface area contributed by atoms with Gasteiger partial charge >= 0.3 is 12.1 Å². The molecule has 1 fully saturated rings. The van der Waals surface area contributed by atoms with E-state index in [0.717, 1.165) is 27.2 Å². The molecule has 226 valence electrons. The van der Waals surface area contributed by atoms with Crippen molar-refractivity contribution in [1.29, 1.82) is 0 Å². The van der Waals surface area contributed by atoms with Gasteiger partial charge in [0.05, 0.1) is 12.8 Å². The van der Waals surface area contributed by atoms with Crippen LogP contribution >= 0.6 is 0 Å². The number of amides is 2. The molecule has 1 aliphatic carbocycles. The van der Waals surface area contributed by atoms with Crippen LogP contribution in [0, 0.1) is 35.0 Å². The number of hydrogen-bond acceptors (Lipinski definition) is 5. The molecule has 2 unspecified atom stereocenters. The quantitative estimate of drug-likeness (QED) is 0.0871. The van der Waals surface area contributed by atoms with Crippen LogP contribution in [0.25, 0.3) is 11.1 Å². The second-order valence-electron chi connectivity index (χ2n) is 10.7. The third-order valence-electron chi connectivity index (χ3n) is 7.80. The molecule has 1 saturated heterocycles. The molecule has 0 N–H and O–H groups in total. The molecule has 1 aliphatic heterocycles. The molecule has 0 radical (unpaired) electrons. The Bertz CT molecular complexity index is 1600. The Labute approximate surface area is 243 Å². The topological polar surface area (TPSA) is 76.2 Å². The molecule has 3 aromatic rings. The standard InChI is InChI=1S/C31H27F5N2O5/c1-15(2)27(38(31(41)42-3)20-11-6-10-18-17-9-5-4-8-16(17)14-19(18)20)29(39)37-13-7-12-21(37)30(40)43-28-25(35)23(33)22(32)24(34)26(28)36/h4-6,8-11,15,21,27H,7,12-14H2,1-3H3. The number of likely N-dealkylation sites (tertiary alicyclic amines) is 1. The number of methoxy groups -OCH3 is 1. The van der Waals surface area contributed by atoms with Crippen LogP contribution in [0.5, 0.6) is 5.75 Å². The Hall–Kier alpha value is -4.48. The first kappa shape index (κ1) is 30.0. The van der Waals surface area contributed by atoms with Gasteiger partial charge in [-0.2, -0.15) is 8.78 Å². The smallest absolute Gasteiger partial charge is 0.414 e. The van der Waals surface area contributed by atoms with Gasteiger partial charge in [-0.05, 0) is 47.1 Å². The van der Waals surface area contributed by atoms with E-state index in [-0.39, 0.29) is 19.4 Å². The van der Waals surface area contributed by atoms with Crippen molar-refractivity contribution in [3.8, 4) is 16.9 Å². The summed E-state index contributed by atoms with van der Waals surface area (Å²) < 4.78 is 79.1. The van der Waals surface area contributed by atoms with Gasteiger partial charge in [0, 0.05) is 13.0 Å². The van der Waals surface area contributed by atoms with E-state index in [9.17, 15) is 36.3 Å². The van der Waals surface area contributed by atoms with Gasteiger partial charge in [-0.25, -0.2) is 22.8 Å². The van der Waals surface area contributed by atoms with Gasteiger partial charge in [-0.3, -0.25) is 9.69 Å². The molecule has 7 nitrogen and oxygen atoms in total. The zero-order chi connectivity index (χ0) is 31.2. The number of nitrogens with zero attached hydrogens (tertiary/aromatic N) is 2. The van der Waals surface area contributed by atoms with Crippen LogP contribution in [0.2, 0.25) is 0 Å². The van der Waals surface area contributed by atoms with Gasteiger partial charge in [0.15, 0.2) is 0 Å². The van der Waals surface area contributed by atoms with Crippen LogP contribution in [0.1, 0.15) is 37.8 Å². The lowest BCUT2D eigenvalue weighted by atomic mass is 9.97. The van der Waals surface area contributed by atoms with E-state index in [4.69, 9.17) is 4.74 Å². The van der Waals surface area contributed by atoms with Gasteiger partial charge in [0.1, 0.15) is 12.1 Å². The molecule has 0 saturated carbocycles. The molecule has 12 heteroatoms. The second-order valence-corrected chi connectivity index (χ2v) is 10.7. The van der Waals surface area contributed by atoms with Crippen LogP contribution in [0.15, 0.2) is 42.5 Å². The summed E-state index contributed by atoms with van der Waals surface area (Å²) in [4.78, 5) is 42.9. The van der Waals surface area contributed by atoms with E-state index in [0.29, 0.717) is 12.1 Å². The molecule has 2 aliphatic rings. The predicted octanol–water partition coefficient (Wildman–Crippen LogP) is 6.15. The number of carbonyl (C=O) groups is 3. The first-order valence-electron chi connectivity index (χ1n) is 13.6. The van der Waals surface area contributed by atoms with Crippen LogP contribution in [0.3, 0.4) is 0 Å². The van der Waals surface area contributed by atoms with Crippen LogP contribution in [-0.4, -0.2) is 48.6 Å². The molecule has 1 heterocycles. The molecule has 0 bridgehead atoms. The number of ether oxygens (including phenoxy) is 2. The highest BCUT2D eigenvalue weighted by Crippen LogP contribution is 2.42. The van der Waals surface area contributed by atoms with Crippen molar-refractivity contribution in [3.05, 3.63) is 82.7 Å². The van der Waals surface area contributed by atoms with Crippen LogP contribution in [-0.2, 0) is 20.7 Å². The monoisotopic (exact) mass is 602 g/mol. The highest BCUT2D eigenvalue weighted by atomic mass is 19.2. The Balaban J connectivity index is 1.49. The first-order chi connectivity index (χ1) is 20.5. The minimum atomic E-state index is -2.40. The predicted molar refractivity (Wildman–Crippen MR) is 145 cm³/mol. The zero-order valence-electron chi connectivity index (χ0n) is 23.4. The number of benzene rings is 3. The minimum absolute atomic E-state index is 0.000938. The summed E-state index contributed by atoms with van der Waals surface area (Å²) in [5.74, 6) is -15.9. The summed E-state index contributed by atoms with van der Waals surface area (Å²) in [6.07, 6.45) is -0.0497. The fraction of sp³-hybridized carbons (Fsp3) is 0.323. The fourth-order valence-electron chi connectivity index (χ4n) is 5.81. The lowest BCUT2D eigenvalue weighted by Crippen LogP contribution is -2.56. The highest BCUT2D eigenvalue weighted by Gasteiger charge is 2.44. The van der Waals surface area contributed by atoms with E-state index in [1.807, 2.05) is 30.3 Å². The number of halogens is 5. The van der Waals surface area contributed by atoms with E-state index < -0.39 is 70.8 Å². The average Bonchev–Trinajstić information content (AvgIpc) is 3.64. The summed E-state index contributed by atoms with van der Waals surface area (Å²) >= 11 is 0. The second kappa shape index (κ2) is 11.7. The van der Waals surface area contributed by atoms with Crippen LogP contribution < -0.4 is 9.64 Å². The van der Waals surface area contributed by atoms with E-state index in [1.165, 1.54) is 12.0 Å². The summed E-state index contributed by atoms with van der Waals surface area (Å²) in [5, 5.41) is 0. The number of anilines is 1. The number of rotatable bonds is 6. The largest absolute Gasteiger partial charge is 0.452 e. The Morgan fingerprint density at radius 2 is 1.51 bits per heavy atom. The van der Waals surface area contributed by atoms with Crippen molar-refractivity contribution in [2.45, 2.75) is 45.2 Å². The number of esters is 1. The van der Waals surface area contributed by atoms with E-state index >= 15 is 0 Å². The summed E-state index contributed by atoms with van der Waals surface area (Å²) in [6, 6.07) is 10.5. The molecule has 43 heavy (non-hydrogen) atoms. The summed E-state index contributed by atoms with van der Waals surface area (Å²) in [7, 11) is 1.18. The lowest BCUT2D eigenvalue weighted by Gasteiger charge is -2.37. The van der Waals surface area contributed by atoms with Crippen molar-refractivity contribution in [1.82, 2.24) is 4.90 Å². The third kappa shape index (κ3) is 5.08. The minimum Gasteiger partial charge on any atom is -0.452 e. The van der Waals surface area contributed by atoms with Gasteiger partial charge in [-0.15, -0.1) is 0 Å². The van der Waals surface area contributed by atoms with E-state index in [1.54, 1.807) is 26.0 Å². The van der Waals surface area contributed by atoms with Gasteiger partial charge in [-0.1, -0.05) is 50.2 Å². The molecular formula is C31H27F5N2O5. The number of carbonyl (C=O) groups excluding carboxylic acids is 3. The van der Waals surface area contributed by atoms with Crippen molar-refractivity contribution < 1.29 is 45.8 Å². The number of fused-ring (bicyclic) bond motifs is 3. The molecule has 2 atom stereocenters. The van der Waals surface area contributed by atoms with Crippen molar-refractivity contribution in [2.75, 3.05) is 18.6 Å². The molecule has 2 amide bonds. The SMILES string of the molecule is COC(=O)N(c1cccc2c1Cc1ccccc1-2)C(C(=O)N1CCCC1C(=O)Oc1c(F)c(F)c(F)c(F)c1F)C(C)C. The maximum Gasteiger partial charge on any atom is 0.414 e. The molecule has 0 spiro atoms. The summed E-state index contributed by atoms with van der Waals surface area (Å²) in [5.41, 5.74) is 4.16. The van der Waals surface area contributed by atoms with Crippen molar-refractivity contribution in [3.63, 3.8) is 0 Å². The molecule has 5 rings (SSSR count). The normalized spacial score (nSPS) is 16.1. The van der Waals surface area contributed by atoms with Crippen LogP contribution in [0.4, 0.5) is 32.4 Å². The maximum absolute atomic E-state index is 14.2. The highest BCUT2D eigenvalue weighted by molar-refractivity contribution is 6.01. The zero-order valence-corrected chi connectivity index (χ0v) is 23.4. The fourth-order valence-corrected chi connectivity index (χ4v) is 5.81. The van der Waals surface area contributed by atoms with Crippen molar-refractivity contribution in [2.24, 2.45) is 5.92 Å². The first-order valence-corrected chi connectivity index (χ1v) is 13.6.